The topological polar surface area (TPSA) is 105 Å². The molecule has 9 nitrogen and oxygen atoms in total. The number of nitrogens with zero attached hydrogens (tertiary/aromatic N) is 3. The van der Waals surface area contributed by atoms with Crippen LogP contribution < -0.4 is 15.2 Å². The smallest absolute Gasteiger partial charge is 0.328 e. The van der Waals surface area contributed by atoms with Gasteiger partial charge in [-0.3, -0.25) is 19.4 Å². The van der Waals surface area contributed by atoms with Crippen molar-refractivity contribution < 1.29 is 23.9 Å². The van der Waals surface area contributed by atoms with Gasteiger partial charge in [0.05, 0.1) is 13.7 Å². The van der Waals surface area contributed by atoms with Crippen molar-refractivity contribution in [2.24, 2.45) is 11.7 Å². The zero-order valence-corrected chi connectivity index (χ0v) is 20.1. The maximum absolute atomic E-state index is 13.3. The molecule has 0 radical (unpaired) electrons. The summed E-state index contributed by atoms with van der Waals surface area (Å²) in [6, 6.07) is 5.50. The number of piperidine rings is 1. The first-order valence-corrected chi connectivity index (χ1v) is 11.7. The minimum atomic E-state index is -0.895. The number of primary amides is 1. The summed E-state index contributed by atoms with van der Waals surface area (Å²) in [7, 11) is 1.62. The molecule has 1 spiro atoms. The first-order valence-electron chi connectivity index (χ1n) is 11.7. The van der Waals surface area contributed by atoms with Crippen LogP contribution >= 0.6 is 0 Å². The molecule has 3 rings (SSSR count). The van der Waals surface area contributed by atoms with Crippen molar-refractivity contribution in [3.05, 3.63) is 23.8 Å². The van der Waals surface area contributed by atoms with Crippen LogP contribution in [-0.4, -0.2) is 78.0 Å². The lowest BCUT2D eigenvalue weighted by Crippen LogP contribution is -2.56. The molecule has 0 aliphatic carbocycles. The zero-order valence-electron chi connectivity index (χ0n) is 20.1. The number of benzene rings is 1. The molecular weight excluding hydrogens is 424 g/mol. The number of ether oxygens (including phenoxy) is 2. The Morgan fingerprint density at radius 1 is 1.18 bits per heavy atom. The summed E-state index contributed by atoms with van der Waals surface area (Å²) in [5.74, 6) is 0.829. The quantitative estimate of drug-likeness (QED) is 0.537. The number of amides is 4. The molecule has 33 heavy (non-hydrogen) atoms. The van der Waals surface area contributed by atoms with E-state index in [0.29, 0.717) is 63.0 Å². The molecule has 182 valence electrons. The van der Waals surface area contributed by atoms with Gasteiger partial charge in [-0.2, -0.15) is 0 Å². The van der Waals surface area contributed by atoms with Crippen LogP contribution in [0.15, 0.2) is 18.2 Å². The van der Waals surface area contributed by atoms with Crippen molar-refractivity contribution in [2.75, 3.05) is 39.9 Å². The van der Waals surface area contributed by atoms with E-state index in [-0.39, 0.29) is 12.5 Å². The number of nitrogens with two attached hydrogens (primary N) is 1. The Hall–Kier alpha value is -2.81. The van der Waals surface area contributed by atoms with Crippen LogP contribution in [0.1, 0.15) is 45.6 Å². The van der Waals surface area contributed by atoms with Gasteiger partial charge in [-0.25, -0.2) is 4.79 Å². The summed E-state index contributed by atoms with van der Waals surface area (Å²) in [5, 5.41) is 0. The lowest BCUT2D eigenvalue weighted by molar-refractivity contribution is -0.137. The summed E-state index contributed by atoms with van der Waals surface area (Å²) >= 11 is 0. The van der Waals surface area contributed by atoms with Crippen LogP contribution in [0.5, 0.6) is 11.5 Å². The van der Waals surface area contributed by atoms with Gasteiger partial charge < -0.3 is 20.1 Å². The van der Waals surface area contributed by atoms with E-state index in [1.54, 1.807) is 12.0 Å². The maximum atomic E-state index is 13.3. The summed E-state index contributed by atoms with van der Waals surface area (Å²) in [4.78, 5) is 42.9. The summed E-state index contributed by atoms with van der Waals surface area (Å²) in [5.41, 5.74) is 5.51. The molecule has 0 aromatic heterocycles. The van der Waals surface area contributed by atoms with Crippen molar-refractivity contribution in [2.45, 2.75) is 52.1 Å². The number of imide groups is 1. The molecule has 0 saturated carbocycles. The molecule has 0 unspecified atom stereocenters. The van der Waals surface area contributed by atoms with Gasteiger partial charge in [-0.05, 0) is 49.8 Å². The van der Waals surface area contributed by atoms with Crippen molar-refractivity contribution in [1.29, 1.82) is 0 Å². The predicted octanol–water partition coefficient (Wildman–Crippen LogP) is 2.22. The van der Waals surface area contributed by atoms with E-state index >= 15 is 0 Å². The van der Waals surface area contributed by atoms with Gasteiger partial charge in [0.25, 0.3) is 5.91 Å². The average Bonchev–Trinajstić information content (AvgIpc) is 2.95. The highest BCUT2D eigenvalue weighted by atomic mass is 16.5. The highest BCUT2D eigenvalue weighted by molar-refractivity contribution is 6.09. The average molecular weight is 461 g/mol. The van der Waals surface area contributed by atoms with Gasteiger partial charge in [-0.1, -0.05) is 19.9 Å². The molecule has 2 fully saturated rings. The monoisotopic (exact) mass is 460 g/mol. The van der Waals surface area contributed by atoms with Crippen molar-refractivity contribution in [1.82, 2.24) is 14.7 Å². The molecule has 4 amide bonds. The Morgan fingerprint density at radius 3 is 2.45 bits per heavy atom. The van der Waals surface area contributed by atoms with Crippen molar-refractivity contribution in [3.8, 4) is 11.5 Å². The van der Waals surface area contributed by atoms with Crippen LogP contribution in [0.25, 0.3) is 0 Å². The number of urea groups is 1. The van der Waals surface area contributed by atoms with E-state index < -0.39 is 17.5 Å². The molecule has 0 bridgehead atoms. The SMILES string of the molecule is CCOc1cc(CN2CCC3(CC2)C(=O)N(CC(N)=O)C(=O)N3CCC(C)C)ccc1OC. The minimum absolute atomic E-state index is 0.294. The van der Waals surface area contributed by atoms with Gasteiger partial charge >= 0.3 is 6.03 Å². The Bertz CT molecular complexity index is 880. The fourth-order valence-corrected chi connectivity index (χ4v) is 4.69. The van der Waals surface area contributed by atoms with Gasteiger partial charge in [0.1, 0.15) is 12.1 Å². The number of hydrogen-bond acceptors (Lipinski definition) is 6. The largest absolute Gasteiger partial charge is 0.493 e. The second kappa shape index (κ2) is 10.4. The molecular formula is C24H36N4O5. The third kappa shape index (κ3) is 5.24. The molecule has 2 N–H and O–H groups in total. The number of methoxy groups -OCH3 is 1. The molecule has 2 aliphatic rings. The second-order valence-electron chi connectivity index (χ2n) is 9.20. The van der Waals surface area contributed by atoms with Gasteiger partial charge in [-0.15, -0.1) is 0 Å². The third-order valence-electron chi connectivity index (χ3n) is 6.48. The van der Waals surface area contributed by atoms with E-state index in [9.17, 15) is 14.4 Å². The second-order valence-corrected chi connectivity index (χ2v) is 9.20. The Labute approximate surface area is 195 Å². The van der Waals surface area contributed by atoms with Gasteiger partial charge in [0, 0.05) is 26.2 Å². The van der Waals surface area contributed by atoms with Crippen LogP contribution in [-0.2, 0) is 16.1 Å². The molecule has 9 heteroatoms. The number of likely N-dealkylation sites (tertiary alicyclic amines) is 1. The van der Waals surface area contributed by atoms with E-state index in [2.05, 4.69) is 18.7 Å². The molecule has 1 aromatic carbocycles. The Balaban J connectivity index is 1.74. The normalized spacial score (nSPS) is 18.5. The summed E-state index contributed by atoms with van der Waals surface area (Å²) in [6.07, 6.45) is 1.85. The molecule has 0 atom stereocenters. The maximum Gasteiger partial charge on any atom is 0.328 e. The fourth-order valence-electron chi connectivity index (χ4n) is 4.69. The predicted molar refractivity (Wildman–Crippen MR) is 124 cm³/mol. The van der Waals surface area contributed by atoms with E-state index in [1.165, 1.54) is 0 Å². The Morgan fingerprint density at radius 2 is 1.88 bits per heavy atom. The van der Waals surface area contributed by atoms with Crippen LogP contribution in [0.4, 0.5) is 4.79 Å². The number of carbonyl (C=O) groups is 3. The molecule has 2 heterocycles. The highest BCUT2D eigenvalue weighted by Gasteiger charge is 2.57. The fraction of sp³-hybridized carbons (Fsp3) is 0.625. The van der Waals surface area contributed by atoms with Gasteiger partial charge in [0.2, 0.25) is 5.91 Å². The lowest BCUT2D eigenvalue weighted by atomic mass is 9.85. The zero-order chi connectivity index (χ0) is 24.2. The third-order valence-corrected chi connectivity index (χ3v) is 6.48. The standard InChI is InChI=1S/C24H36N4O5/c1-5-33-20-14-18(6-7-19(20)32-4)15-26-12-9-24(10-13-26)22(30)27(16-21(25)29)23(31)28(24)11-8-17(2)3/h6-7,14,17H,5,8-13,15-16H2,1-4H3,(H2,25,29). The number of rotatable bonds is 10. The summed E-state index contributed by atoms with van der Waals surface area (Å²) < 4.78 is 11.1. The highest BCUT2D eigenvalue weighted by Crippen LogP contribution is 2.38. The van der Waals surface area contributed by atoms with E-state index in [0.717, 1.165) is 16.9 Å². The molecule has 2 saturated heterocycles. The lowest BCUT2D eigenvalue weighted by Gasteiger charge is -2.42. The minimum Gasteiger partial charge on any atom is -0.493 e. The number of carbonyl (C=O) groups excluding carboxylic acids is 3. The van der Waals surface area contributed by atoms with E-state index in [1.807, 2.05) is 25.1 Å². The van der Waals surface area contributed by atoms with Crippen molar-refractivity contribution >= 4 is 17.8 Å². The number of hydrogen-bond donors (Lipinski definition) is 1. The summed E-state index contributed by atoms with van der Waals surface area (Å²) in [6.45, 7) is 8.82. The first-order chi connectivity index (χ1) is 15.7. The van der Waals surface area contributed by atoms with Crippen molar-refractivity contribution in [3.63, 3.8) is 0 Å². The van der Waals surface area contributed by atoms with Crippen LogP contribution in [0.2, 0.25) is 0 Å². The van der Waals surface area contributed by atoms with Crippen LogP contribution in [0, 0.1) is 5.92 Å². The van der Waals surface area contributed by atoms with E-state index in [4.69, 9.17) is 15.2 Å². The van der Waals surface area contributed by atoms with Gasteiger partial charge in [0.15, 0.2) is 11.5 Å². The molecule has 2 aliphatic heterocycles. The van der Waals surface area contributed by atoms with Crippen LogP contribution in [0.3, 0.4) is 0 Å². The first kappa shape index (κ1) is 24.8. The molecule has 1 aromatic rings. The Kier molecular flexibility index (Phi) is 7.84.